The molecule has 2 rings (SSSR count). The Balaban J connectivity index is 2.00. The van der Waals surface area contributed by atoms with Gasteiger partial charge in [-0.1, -0.05) is 31.5 Å². The van der Waals surface area contributed by atoms with E-state index in [0.29, 0.717) is 5.75 Å². The van der Waals surface area contributed by atoms with Gasteiger partial charge in [-0.3, -0.25) is 12.6 Å². The van der Waals surface area contributed by atoms with Crippen molar-refractivity contribution in [2.45, 2.75) is 36.9 Å². The van der Waals surface area contributed by atoms with Crippen molar-refractivity contribution >= 4 is 22.2 Å². The van der Waals surface area contributed by atoms with Crippen molar-refractivity contribution in [3.05, 3.63) is 30.3 Å². The molecule has 0 radical (unpaired) electrons. The molecule has 1 heterocycles. The van der Waals surface area contributed by atoms with Crippen LogP contribution in [0.1, 0.15) is 19.8 Å². The highest BCUT2D eigenvalue weighted by Crippen LogP contribution is 2.23. The summed E-state index contributed by atoms with van der Waals surface area (Å²) in [6, 6.07) is 9.21. The number of hydrogen-bond acceptors (Lipinski definition) is 4. The summed E-state index contributed by atoms with van der Waals surface area (Å²) in [5.41, 5.74) is 0. The van der Waals surface area contributed by atoms with Gasteiger partial charge in [-0.25, -0.2) is 0 Å². The highest BCUT2D eigenvalue weighted by molar-refractivity contribution is 7.85. The topological polar surface area (TPSA) is 52.6 Å². The summed E-state index contributed by atoms with van der Waals surface area (Å²) in [6.45, 7) is 2.02. The standard InChI is InChI=1S/C12H16O4S2/c1-2-6-11-12(16-18(14)15-11)9-17(13)10-7-4-3-5-8-10/h3-5,7-8,11-12H,2,6,9H2,1H3/t11-,12+,17-,18?/m1/s1. The molecule has 0 aromatic heterocycles. The molecular formula is C12H16O4S2. The van der Waals surface area contributed by atoms with Crippen LogP contribution in [0, 0.1) is 0 Å². The molecule has 1 unspecified atom stereocenters. The third-order valence-electron chi connectivity index (χ3n) is 2.71. The molecule has 0 aliphatic carbocycles. The lowest BCUT2D eigenvalue weighted by atomic mass is 10.1. The Morgan fingerprint density at radius 3 is 2.56 bits per heavy atom. The van der Waals surface area contributed by atoms with Gasteiger partial charge in [0.05, 0.1) is 16.6 Å². The minimum atomic E-state index is -1.69. The van der Waals surface area contributed by atoms with Crippen LogP contribution in [0.3, 0.4) is 0 Å². The molecule has 6 heteroatoms. The molecule has 1 fully saturated rings. The van der Waals surface area contributed by atoms with Gasteiger partial charge in [0.25, 0.3) is 0 Å². The molecule has 100 valence electrons. The van der Waals surface area contributed by atoms with Gasteiger partial charge in [-0.05, 0) is 18.6 Å². The largest absolute Gasteiger partial charge is 0.305 e. The van der Waals surface area contributed by atoms with Crippen LogP contribution in [0.2, 0.25) is 0 Å². The molecule has 4 nitrogen and oxygen atoms in total. The van der Waals surface area contributed by atoms with Crippen molar-refractivity contribution in [3.8, 4) is 0 Å². The minimum Gasteiger partial charge on any atom is -0.262 e. The van der Waals surface area contributed by atoms with Gasteiger partial charge in [0.2, 0.25) is 0 Å². The van der Waals surface area contributed by atoms with E-state index in [9.17, 15) is 8.42 Å². The van der Waals surface area contributed by atoms with E-state index in [2.05, 4.69) is 0 Å². The van der Waals surface area contributed by atoms with Crippen molar-refractivity contribution in [2.75, 3.05) is 5.75 Å². The van der Waals surface area contributed by atoms with Crippen molar-refractivity contribution in [3.63, 3.8) is 0 Å². The smallest absolute Gasteiger partial charge is 0.262 e. The number of rotatable bonds is 5. The summed E-state index contributed by atoms with van der Waals surface area (Å²) < 4.78 is 33.7. The van der Waals surface area contributed by atoms with E-state index in [4.69, 9.17) is 8.37 Å². The average molecular weight is 288 g/mol. The molecular weight excluding hydrogens is 272 g/mol. The molecule has 4 atom stereocenters. The highest BCUT2D eigenvalue weighted by atomic mass is 32.2. The van der Waals surface area contributed by atoms with Crippen LogP contribution >= 0.6 is 0 Å². The van der Waals surface area contributed by atoms with E-state index in [0.717, 1.165) is 17.7 Å². The summed E-state index contributed by atoms with van der Waals surface area (Å²) >= 11 is -1.69. The first-order chi connectivity index (χ1) is 8.70. The quantitative estimate of drug-likeness (QED) is 0.831. The van der Waals surface area contributed by atoms with E-state index in [1.807, 2.05) is 37.3 Å². The molecule has 0 bridgehead atoms. The summed E-state index contributed by atoms with van der Waals surface area (Å²) in [6.07, 6.45) is 1.11. The molecule has 0 saturated carbocycles. The third-order valence-corrected chi connectivity index (χ3v) is 4.95. The summed E-state index contributed by atoms with van der Waals surface area (Å²) in [7, 11) is -1.15. The fourth-order valence-electron chi connectivity index (χ4n) is 1.82. The first-order valence-electron chi connectivity index (χ1n) is 5.90. The van der Waals surface area contributed by atoms with Gasteiger partial charge in [-0.15, -0.1) is 0 Å². The average Bonchev–Trinajstić information content (AvgIpc) is 2.71. The minimum absolute atomic E-state index is 0.219. The molecule has 1 saturated heterocycles. The van der Waals surface area contributed by atoms with Gasteiger partial charge in [0, 0.05) is 4.90 Å². The first-order valence-corrected chi connectivity index (χ1v) is 8.22. The van der Waals surface area contributed by atoms with Gasteiger partial charge in [0.15, 0.2) is 0 Å². The Morgan fingerprint density at radius 2 is 1.89 bits per heavy atom. The lowest BCUT2D eigenvalue weighted by Crippen LogP contribution is -2.28. The zero-order chi connectivity index (χ0) is 13.0. The number of benzene rings is 1. The SMILES string of the molecule is CCC[C@H]1OS(=O)O[C@H]1C[S@@](=O)c1ccccc1. The monoisotopic (exact) mass is 288 g/mol. The Morgan fingerprint density at radius 1 is 1.22 bits per heavy atom. The molecule has 18 heavy (non-hydrogen) atoms. The lowest BCUT2D eigenvalue weighted by molar-refractivity contribution is 0.163. The Hall–Kier alpha value is -0.560. The Labute approximate surface area is 112 Å². The Bertz CT molecular complexity index is 435. The second-order valence-electron chi connectivity index (χ2n) is 4.09. The van der Waals surface area contributed by atoms with E-state index in [-0.39, 0.29) is 12.2 Å². The van der Waals surface area contributed by atoms with Crippen LogP contribution in [0.15, 0.2) is 35.2 Å². The van der Waals surface area contributed by atoms with Gasteiger partial charge >= 0.3 is 11.4 Å². The predicted octanol–water partition coefficient (Wildman–Crippen LogP) is 1.96. The van der Waals surface area contributed by atoms with E-state index in [1.165, 1.54) is 0 Å². The van der Waals surface area contributed by atoms with Crippen molar-refractivity contribution in [1.29, 1.82) is 0 Å². The molecule has 1 aliphatic heterocycles. The van der Waals surface area contributed by atoms with Crippen molar-refractivity contribution in [1.82, 2.24) is 0 Å². The first kappa shape index (κ1) is 13.9. The number of hydrogen-bond donors (Lipinski definition) is 0. The van der Waals surface area contributed by atoms with Crippen LogP contribution in [0.4, 0.5) is 0 Å². The predicted molar refractivity (Wildman–Crippen MR) is 70.5 cm³/mol. The maximum atomic E-state index is 12.1. The fourth-order valence-corrected chi connectivity index (χ4v) is 4.00. The third kappa shape index (κ3) is 3.47. The van der Waals surface area contributed by atoms with Crippen molar-refractivity contribution < 1.29 is 16.8 Å². The van der Waals surface area contributed by atoms with E-state index >= 15 is 0 Å². The fraction of sp³-hybridized carbons (Fsp3) is 0.500. The van der Waals surface area contributed by atoms with Crippen LogP contribution in [-0.4, -0.2) is 26.4 Å². The highest BCUT2D eigenvalue weighted by Gasteiger charge is 2.35. The molecule has 0 N–H and O–H groups in total. The van der Waals surface area contributed by atoms with E-state index < -0.39 is 22.2 Å². The van der Waals surface area contributed by atoms with Gasteiger partial charge in [0.1, 0.15) is 12.2 Å². The molecule has 1 aromatic carbocycles. The Kier molecular flexibility index (Phi) is 5.05. The van der Waals surface area contributed by atoms with Crippen LogP contribution in [-0.2, 0) is 30.5 Å². The summed E-state index contributed by atoms with van der Waals surface area (Å²) in [5.74, 6) is 0.320. The normalized spacial score (nSPS) is 29.3. The summed E-state index contributed by atoms with van der Waals surface area (Å²) in [4.78, 5) is 0.758. The maximum absolute atomic E-state index is 12.1. The zero-order valence-corrected chi connectivity index (χ0v) is 11.7. The van der Waals surface area contributed by atoms with Gasteiger partial charge < -0.3 is 0 Å². The molecule has 1 aromatic rings. The van der Waals surface area contributed by atoms with Crippen LogP contribution < -0.4 is 0 Å². The second kappa shape index (κ2) is 6.56. The zero-order valence-electron chi connectivity index (χ0n) is 10.1. The van der Waals surface area contributed by atoms with Crippen LogP contribution in [0.5, 0.6) is 0 Å². The van der Waals surface area contributed by atoms with Gasteiger partial charge in [-0.2, -0.15) is 4.21 Å². The maximum Gasteiger partial charge on any atom is 0.305 e. The second-order valence-corrected chi connectivity index (χ2v) is 6.38. The van der Waals surface area contributed by atoms with Crippen molar-refractivity contribution in [2.24, 2.45) is 0 Å². The molecule has 0 amide bonds. The molecule has 0 spiro atoms. The van der Waals surface area contributed by atoms with Crippen LogP contribution in [0.25, 0.3) is 0 Å². The summed E-state index contributed by atoms with van der Waals surface area (Å²) in [5, 5.41) is 0. The lowest BCUT2D eigenvalue weighted by Gasteiger charge is -2.13. The molecule has 1 aliphatic rings. The van der Waals surface area contributed by atoms with E-state index in [1.54, 1.807) is 0 Å².